The predicted octanol–water partition coefficient (Wildman–Crippen LogP) is 0.860. The molecule has 1 aliphatic heterocycles. The molecule has 0 radical (unpaired) electrons. The van der Waals surface area contributed by atoms with E-state index < -0.39 is 0 Å². The summed E-state index contributed by atoms with van der Waals surface area (Å²) in [7, 11) is 3.69. The van der Waals surface area contributed by atoms with E-state index in [1.807, 2.05) is 29.2 Å². The predicted molar refractivity (Wildman–Crippen MR) is 93.0 cm³/mol. The molecule has 6 heteroatoms. The number of benzene rings is 1. The zero-order valence-electron chi connectivity index (χ0n) is 14.8. The van der Waals surface area contributed by atoms with Crippen LogP contribution in [-0.4, -0.2) is 79.9 Å². The number of piperazine rings is 1. The van der Waals surface area contributed by atoms with Gasteiger partial charge in [0.2, 0.25) is 11.8 Å². The van der Waals surface area contributed by atoms with Crippen LogP contribution in [0, 0.1) is 0 Å². The van der Waals surface area contributed by atoms with Crippen molar-refractivity contribution in [3.05, 3.63) is 29.8 Å². The summed E-state index contributed by atoms with van der Waals surface area (Å²) in [6, 6.07) is 7.79. The van der Waals surface area contributed by atoms with Crippen LogP contribution in [0.1, 0.15) is 12.5 Å². The van der Waals surface area contributed by atoms with Gasteiger partial charge in [0.15, 0.2) is 0 Å². The molecule has 132 valence electrons. The van der Waals surface area contributed by atoms with Crippen molar-refractivity contribution in [2.45, 2.75) is 13.3 Å². The molecule has 24 heavy (non-hydrogen) atoms. The Morgan fingerprint density at radius 3 is 2.54 bits per heavy atom. The van der Waals surface area contributed by atoms with Gasteiger partial charge in [0.25, 0.3) is 0 Å². The van der Waals surface area contributed by atoms with Gasteiger partial charge in [-0.2, -0.15) is 0 Å². The molecule has 6 nitrogen and oxygen atoms in total. The van der Waals surface area contributed by atoms with E-state index >= 15 is 0 Å². The first kappa shape index (κ1) is 18.3. The normalized spacial score (nSPS) is 15.2. The Morgan fingerprint density at radius 1 is 1.21 bits per heavy atom. The molecule has 0 bridgehead atoms. The third kappa shape index (κ3) is 5.23. The maximum atomic E-state index is 12.4. The van der Waals surface area contributed by atoms with E-state index in [-0.39, 0.29) is 18.4 Å². The fourth-order valence-corrected chi connectivity index (χ4v) is 2.76. The lowest BCUT2D eigenvalue weighted by atomic mass is 10.1. The minimum Gasteiger partial charge on any atom is -0.497 e. The highest BCUT2D eigenvalue weighted by molar-refractivity contribution is 5.84. The van der Waals surface area contributed by atoms with Gasteiger partial charge in [-0.1, -0.05) is 12.1 Å². The zero-order valence-corrected chi connectivity index (χ0v) is 14.8. The van der Waals surface area contributed by atoms with E-state index in [0.717, 1.165) is 37.5 Å². The minimum atomic E-state index is -0.0691. The van der Waals surface area contributed by atoms with Gasteiger partial charge in [-0.25, -0.2) is 0 Å². The average Bonchev–Trinajstić information content (AvgIpc) is 2.58. The molecule has 2 rings (SSSR count). The van der Waals surface area contributed by atoms with Crippen molar-refractivity contribution in [3.8, 4) is 5.75 Å². The molecule has 0 atom stereocenters. The number of likely N-dealkylation sites (N-methyl/N-ethyl adjacent to an activating group) is 1. The van der Waals surface area contributed by atoms with Gasteiger partial charge in [-0.3, -0.25) is 9.59 Å². The standard InChI is InChI=1S/C18H27N3O3/c1-15(22)21(8-7-16-5-4-6-17(13-16)24-3)14-18(23)20-11-9-19(2)10-12-20/h4-6,13H,7-12,14H2,1-3H3. The van der Waals surface area contributed by atoms with E-state index in [1.54, 1.807) is 12.0 Å². The lowest BCUT2D eigenvalue weighted by Crippen LogP contribution is -2.50. The van der Waals surface area contributed by atoms with Crippen molar-refractivity contribution in [1.82, 2.24) is 14.7 Å². The van der Waals surface area contributed by atoms with Crippen molar-refractivity contribution in [2.75, 3.05) is 53.4 Å². The second kappa shape index (κ2) is 8.68. The first-order valence-electron chi connectivity index (χ1n) is 8.34. The molecule has 0 aliphatic carbocycles. The number of rotatable bonds is 6. The topological polar surface area (TPSA) is 53.1 Å². The van der Waals surface area contributed by atoms with Crippen molar-refractivity contribution < 1.29 is 14.3 Å². The largest absolute Gasteiger partial charge is 0.497 e. The van der Waals surface area contributed by atoms with Crippen LogP contribution in [0.2, 0.25) is 0 Å². The van der Waals surface area contributed by atoms with Gasteiger partial charge >= 0.3 is 0 Å². The van der Waals surface area contributed by atoms with E-state index in [1.165, 1.54) is 6.92 Å². The van der Waals surface area contributed by atoms with Crippen LogP contribution >= 0.6 is 0 Å². The first-order valence-corrected chi connectivity index (χ1v) is 8.34. The molecule has 0 aromatic heterocycles. The quantitative estimate of drug-likeness (QED) is 0.775. The molecule has 2 amide bonds. The highest BCUT2D eigenvalue weighted by atomic mass is 16.5. The summed E-state index contributed by atoms with van der Waals surface area (Å²) in [6.07, 6.45) is 0.701. The molecular formula is C18H27N3O3. The molecule has 0 saturated carbocycles. The number of carbonyl (C=O) groups excluding carboxylic acids is 2. The van der Waals surface area contributed by atoms with Gasteiger partial charge in [0.1, 0.15) is 5.75 Å². The van der Waals surface area contributed by atoms with Crippen molar-refractivity contribution in [3.63, 3.8) is 0 Å². The summed E-state index contributed by atoms with van der Waals surface area (Å²) >= 11 is 0. The van der Waals surface area contributed by atoms with Gasteiger partial charge in [-0.05, 0) is 31.2 Å². The Hall–Kier alpha value is -2.08. The van der Waals surface area contributed by atoms with Gasteiger partial charge in [0, 0.05) is 39.6 Å². The number of hydrogen-bond donors (Lipinski definition) is 0. The van der Waals surface area contributed by atoms with Crippen molar-refractivity contribution in [1.29, 1.82) is 0 Å². The van der Waals surface area contributed by atoms with Crippen LogP contribution in [-0.2, 0) is 16.0 Å². The van der Waals surface area contributed by atoms with Gasteiger partial charge in [0.05, 0.1) is 13.7 Å². The number of carbonyl (C=O) groups is 2. The number of amides is 2. The van der Waals surface area contributed by atoms with Crippen LogP contribution in [0.4, 0.5) is 0 Å². The van der Waals surface area contributed by atoms with Gasteiger partial charge in [-0.15, -0.1) is 0 Å². The van der Waals surface area contributed by atoms with Crippen LogP contribution < -0.4 is 4.74 Å². The molecule has 1 aromatic carbocycles. The van der Waals surface area contributed by atoms with E-state index in [2.05, 4.69) is 11.9 Å². The van der Waals surface area contributed by atoms with E-state index in [4.69, 9.17) is 4.74 Å². The Labute approximate surface area is 144 Å². The van der Waals surface area contributed by atoms with Crippen LogP contribution in [0.5, 0.6) is 5.75 Å². The molecule has 1 fully saturated rings. The fourth-order valence-electron chi connectivity index (χ4n) is 2.76. The third-order valence-corrected chi connectivity index (χ3v) is 4.43. The molecule has 0 spiro atoms. The Bertz CT molecular complexity index is 568. The van der Waals surface area contributed by atoms with E-state index in [9.17, 15) is 9.59 Å². The number of hydrogen-bond acceptors (Lipinski definition) is 4. The molecule has 1 aromatic rings. The summed E-state index contributed by atoms with van der Waals surface area (Å²) in [5.41, 5.74) is 1.09. The number of nitrogens with zero attached hydrogens (tertiary/aromatic N) is 3. The third-order valence-electron chi connectivity index (χ3n) is 4.43. The molecule has 1 heterocycles. The zero-order chi connectivity index (χ0) is 17.5. The van der Waals surface area contributed by atoms with Crippen molar-refractivity contribution >= 4 is 11.8 Å². The summed E-state index contributed by atoms with van der Waals surface area (Å²) in [6.45, 7) is 5.44. The monoisotopic (exact) mass is 333 g/mol. The lowest BCUT2D eigenvalue weighted by molar-refractivity contribution is -0.140. The summed E-state index contributed by atoms with van der Waals surface area (Å²) in [4.78, 5) is 30.0. The number of ether oxygens (including phenoxy) is 1. The Balaban J connectivity index is 1.89. The highest BCUT2D eigenvalue weighted by Gasteiger charge is 2.22. The van der Waals surface area contributed by atoms with Crippen LogP contribution in [0.25, 0.3) is 0 Å². The lowest BCUT2D eigenvalue weighted by Gasteiger charge is -2.33. The molecular weight excluding hydrogens is 306 g/mol. The van der Waals surface area contributed by atoms with Crippen LogP contribution in [0.15, 0.2) is 24.3 Å². The maximum Gasteiger partial charge on any atom is 0.242 e. The summed E-state index contributed by atoms with van der Waals surface area (Å²) in [5.74, 6) is 0.764. The second-order valence-corrected chi connectivity index (χ2v) is 6.23. The fraction of sp³-hybridized carbons (Fsp3) is 0.556. The highest BCUT2D eigenvalue weighted by Crippen LogP contribution is 2.13. The Morgan fingerprint density at radius 2 is 1.92 bits per heavy atom. The summed E-state index contributed by atoms with van der Waals surface area (Å²) in [5, 5.41) is 0. The number of methoxy groups -OCH3 is 1. The average molecular weight is 333 g/mol. The minimum absolute atomic E-state index is 0.0314. The van der Waals surface area contributed by atoms with E-state index in [0.29, 0.717) is 13.0 Å². The molecule has 1 saturated heterocycles. The van der Waals surface area contributed by atoms with Crippen LogP contribution in [0.3, 0.4) is 0 Å². The molecule has 0 unspecified atom stereocenters. The summed E-state index contributed by atoms with van der Waals surface area (Å²) < 4.78 is 5.22. The first-order chi connectivity index (χ1) is 11.5. The van der Waals surface area contributed by atoms with Crippen molar-refractivity contribution in [2.24, 2.45) is 0 Å². The molecule has 0 N–H and O–H groups in total. The smallest absolute Gasteiger partial charge is 0.242 e. The maximum absolute atomic E-state index is 12.4. The SMILES string of the molecule is COc1cccc(CCN(CC(=O)N2CCN(C)CC2)C(C)=O)c1. The Kier molecular flexibility index (Phi) is 6.61. The van der Waals surface area contributed by atoms with Gasteiger partial charge < -0.3 is 19.4 Å². The molecule has 1 aliphatic rings. The second-order valence-electron chi connectivity index (χ2n) is 6.23.